The Morgan fingerprint density at radius 3 is 2.75 bits per heavy atom. The molecule has 1 amide bonds. The number of benzene rings is 1. The van der Waals surface area contributed by atoms with Crippen molar-refractivity contribution in [2.75, 3.05) is 48.8 Å². The van der Waals surface area contributed by atoms with Crippen molar-refractivity contribution in [1.82, 2.24) is 14.9 Å². The fraction of sp³-hybridized carbons (Fsp3) is 0.522. The van der Waals surface area contributed by atoms with E-state index in [2.05, 4.69) is 44.5 Å². The molecule has 0 radical (unpaired) electrons. The number of nitrogens with one attached hydrogen (secondary N) is 1. The summed E-state index contributed by atoms with van der Waals surface area (Å²) in [4.78, 5) is 25.6. The van der Waals surface area contributed by atoms with Gasteiger partial charge in [0.05, 0.1) is 12.6 Å². The molecule has 3 aliphatic heterocycles. The van der Waals surface area contributed by atoms with Crippen LogP contribution in [0.5, 0.6) is 6.01 Å². The Bertz CT molecular complexity index is 972. The molecule has 9 heteroatoms. The third-order valence-electron chi connectivity index (χ3n) is 6.19. The molecule has 2 saturated heterocycles. The Hall–Kier alpha value is -2.91. The topological polar surface area (TPSA) is 106 Å². The zero-order valence-corrected chi connectivity index (χ0v) is 18.3. The van der Waals surface area contributed by atoms with Crippen LogP contribution in [0.2, 0.25) is 0 Å². The van der Waals surface area contributed by atoms with E-state index in [-0.39, 0.29) is 30.4 Å². The van der Waals surface area contributed by atoms with Crippen molar-refractivity contribution in [2.24, 2.45) is 0 Å². The lowest BCUT2D eigenvalue weighted by Gasteiger charge is -2.30. The van der Waals surface area contributed by atoms with Crippen LogP contribution in [0.1, 0.15) is 36.8 Å². The first-order valence-corrected chi connectivity index (χ1v) is 11.4. The van der Waals surface area contributed by atoms with Crippen molar-refractivity contribution in [3.63, 3.8) is 0 Å². The number of hydrogen-bond donors (Lipinski definition) is 2. The van der Waals surface area contributed by atoms with E-state index in [1.54, 1.807) is 0 Å². The van der Waals surface area contributed by atoms with Gasteiger partial charge in [0.1, 0.15) is 12.3 Å². The Labute approximate surface area is 187 Å². The van der Waals surface area contributed by atoms with Crippen LogP contribution < -0.4 is 20.7 Å². The van der Waals surface area contributed by atoms with Crippen molar-refractivity contribution in [3.8, 4) is 6.01 Å². The molecule has 170 valence electrons. The fourth-order valence-electron chi connectivity index (χ4n) is 4.61. The molecule has 1 atom stereocenters. The molecule has 2 fully saturated rings. The second-order valence-electron chi connectivity index (χ2n) is 8.74. The third kappa shape index (κ3) is 4.78. The molecule has 1 unspecified atom stereocenters. The number of nitrogen functional groups attached to an aromatic ring is 1. The van der Waals surface area contributed by atoms with Gasteiger partial charge in [0.15, 0.2) is 11.6 Å². The molecule has 1 aromatic carbocycles. The molecule has 2 aromatic rings. The van der Waals surface area contributed by atoms with Crippen LogP contribution in [0.4, 0.5) is 17.3 Å². The van der Waals surface area contributed by atoms with Crippen LogP contribution in [-0.4, -0.2) is 59.7 Å². The number of ether oxygens (including phenoxy) is 2. The molecular weight excluding hydrogens is 408 g/mol. The molecule has 0 bridgehead atoms. The number of nitrogens with zero attached hydrogens (tertiary/aromatic N) is 4. The lowest BCUT2D eigenvalue weighted by molar-refractivity contribution is -0.115. The van der Waals surface area contributed by atoms with Gasteiger partial charge in [-0.05, 0) is 49.9 Å². The number of amides is 1. The molecule has 0 spiro atoms. The quantitative estimate of drug-likeness (QED) is 0.678. The normalized spacial score (nSPS) is 20.9. The molecule has 3 N–H and O–H groups in total. The summed E-state index contributed by atoms with van der Waals surface area (Å²) in [6.45, 7) is 5.19. The van der Waals surface area contributed by atoms with E-state index in [0.29, 0.717) is 24.7 Å². The summed E-state index contributed by atoms with van der Waals surface area (Å²) >= 11 is 0. The SMILES string of the molecule is Nc1nc(OCC2CCCO2)nc2c1NC(=O)CN2Cc1cccc(CN2CCCC2)c1. The lowest BCUT2D eigenvalue weighted by Crippen LogP contribution is -2.39. The highest BCUT2D eigenvalue weighted by atomic mass is 16.5. The van der Waals surface area contributed by atoms with Gasteiger partial charge in [0.2, 0.25) is 5.91 Å². The standard InChI is InChI=1S/C23H30N6O3/c24-21-20-22(27-23(26-21)32-15-18-7-4-10-31-18)29(14-19(30)25-20)13-17-6-3-5-16(11-17)12-28-8-1-2-9-28/h3,5-6,11,18H,1-2,4,7-10,12-15H2,(H,25,30)(H2,24,26,27). The minimum atomic E-state index is -0.131. The number of nitrogens with two attached hydrogens (primary N) is 1. The summed E-state index contributed by atoms with van der Waals surface area (Å²) in [5.41, 5.74) is 9.01. The van der Waals surface area contributed by atoms with Gasteiger partial charge in [0.25, 0.3) is 0 Å². The van der Waals surface area contributed by atoms with Crippen molar-refractivity contribution >= 4 is 23.2 Å². The minimum absolute atomic E-state index is 0.0602. The number of hydrogen-bond acceptors (Lipinski definition) is 8. The largest absolute Gasteiger partial charge is 0.461 e. The van der Waals surface area contributed by atoms with Gasteiger partial charge in [0, 0.05) is 19.7 Å². The Morgan fingerprint density at radius 2 is 1.97 bits per heavy atom. The Balaban J connectivity index is 1.34. The van der Waals surface area contributed by atoms with Gasteiger partial charge in [-0.1, -0.05) is 24.3 Å². The van der Waals surface area contributed by atoms with E-state index in [9.17, 15) is 4.79 Å². The average molecular weight is 439 g/mol. The zero-order chi connectivity index (χ0) is 21.9. The smallest absolute Gasteiger partial charge is 0.320 e. The van der Waals surface area contributed by atoms with E-state index in [4.69, 9.17) is 15.2 Å². The number of fused-ring (bicyclic) bond motifs is 1. The molecule has 4 heterocycles. The highest BCUT2D eigenvalue weighted by molar-refractivity contribution is 6.03. The van der Waals surface area contributed by atoms with Crippen LogP contribution in [-0.2, 0) is 22.6 Å². The number of aromatic nitrogens is 2. The number of rotatable bonds is 7. The molecule has 0 aliphatic carbocycles. The molecule has 32 heavy (non-hydrogen) atoms. The van der Waals surface area contributed by atoms with Crippen LogP contribution >= 0.6 is 0 Å². The molecule has 5 rings (SSSR count). The molecule has 0 saturated carbocycles. The van der Waals surface area contributed by atoms with Crippen LogP contribution in [0.25, 0.3) is 0 Å². The van der Waals surface area contributed by atoms with Crippen molar-refractivity contribution in [1.29, 1.82) is 0 Å². The van der Waals surface area contributed by atoms with Crippen molar-refractivity contribution in [2.45, 2.75) is 44.9 Å². The summed E-state index contributed by atoms with van der Waals surface area (Å²) in [5.74, 6) is 0.664. The van der Waals surface area contributed by atoms with Crippen molar-refractivity contribution in [3.05, 3.63) is 35.4 Å². The molecular formula is C23H30N6O3. The first-order valence-electron chi connectivity index (χ1n) is 11.4. The van der Waals surface area contributed by atoms with Gasteiger partial charge >= 0.3 is 6.01 Å². The van der Waals surface area contributed by atoms with E-state index in [0.717, 1.165) is 44.6 Å². The zero-order valence-electron chi connectivity index (χ0n) is 18.3. The van der Waals surface area contributed by atoms with E-state index >= 15 is 0 Å². The summed E-state index contributed by atoms with van der Waals surface area (Å²) in [5, 5.41) is 2.81. The maximum Gasteiger partial charge on any atom is 0.320 e. The van der Waals surface area contributed by atoms with E-state index in [1.165, 1.54) is 18.4 Å². The predicted octanol–water partition coefficient (Wildman–Crippen LogP) is 2.17. The Morgan fingerprint density at radius 1 is 1.16 bits per heavy atom. The second-order valence-corrected chi connectivity index (χ2v) is 8.74. The average Bonchev–Trinajstić information content (AvgIpc) is 3.48. The van der Waals surface area contributed by atoms with Crippen LogP contribution in [0.15, 0.2) is 24.3 Å². The highest BCUT2D eigenvalue weighted by Crippen LogP contribution is 2.34. The second kappa shape index (κ2) is 9.30. The van der Waals surface area contributed by atoms with Gasteiger partial charge in [-0.3, -0.25) is 9.69 Å². The maximum absolute atomic E-state index is 12.3. The summed E-state index contributed by atoms with van der Waals surface area (Å²) in [6, 6.07) is 8.75. The minimum Gasteiger partial charge on any atom is -0.461 e. The molecule has 9 nitrogen and oxygen atoms in total. The van der Waals surface area contributed by atoms with Crippen molar-refractivity contribution < 1.29 is 14.3 Å². The van der Waals surface area contributed by atoms with Crippen LogP contribution in [0.3, 0.4) is 0 Å². The number of carbonyl (C=O) groups is 1. The molecule has 1 aromatic heterocycles. The summed E-state index contributed by atoms with van der Waals surface area (Å²) in [6.07, 6.45) is 4.62. The van der Waals surface area contributed by atoms with Gasteiger partial charge in [-0.25, -0.2) is 0 Å². The lowest BCUT2D eigenvalue weighted by atomic mass is 10.1. The first-order chi connectivity index (χ1) is 15.6. The summed E-state index contributed by atoms with van der Waals surface area (Å²) in [7, 11) is 0. The molecule has 3 aliphatic rings. The predicted molar refractivity (Wildman–Crippen MR) is 122 cm³/mol. The Kier molecular flexibility index (Phi) is 6.09. The number of likely N-dealkylation sites (tertiary alicyclic amines) is 1. The first kappa shape index (κ1) is 21.0. The monoisotopic (exact) mass is 438 g/mol. The van der Waals surface area contributed by atoms with Gasteiger partial charge in [-0.2, -0.15) is 9.97 Å². The highest BCUT2D eigenvalue weighted by Gasteiger charge is 2.28. The van der Waals surface area contributed by atoms with Crippen LogP contribution in [0, 0.1) is 0 Å². The summed E-state index contributed by atoms with van der Waals surface area (Å²) < 4.78 is 11.4. The maximum atomic E-state index is 12.3. The third-order valence-corrected chi connectivity index (χ3v) is 6.19. The van der Waals surface area contributed by atoms with E-state index < -0.39 is 0 Å². The number of anilines is 3. The number of carbonyl (C=O) groups excluding carboxylic acids is 1. The van der Waals surface area contributed by atoms with Gasteiger partial charge < -0.3 is 25.4 Å². The van der Waals surface area contributed by atoms with Gasteiger partial charge in [-0.15, -0.1) is 0 Å². The van der Waals surface area contributed by atoms with E-state index in [1.807, 2.05) is 4.90 Å². The fourth-order valence-corrected chi connectivity index (χ4v) is 4.61.